The minimum atomic E-state index is -0.965. The van der Waals surface area contributed by atoms with E-state index in [1.165, 1.54) is 0 Å². The molecule has 1 aromatic rings. The van der Waals surface area contributed by atoms with Crippen LogP contribution < -0.4 is 0 Å². The van der Waals surface area contributed by atoms with Crippen LogP contribution in [0.5, 0.6) is 0 Å². The molecular weight excluding hydrogens is 180 g/mol. The molecule has 1 atom stereocenters. The number of hydrogen-bond acceptors (Lipinski definition) is 3. The summed E-state index contributed by atoms with van der Waals surface area (Å²) >= 11 is 0. The lowest BCUT2D eigenvalue weighted by Gasteiger charge is -2.27. The van der Waals surface area contributed by atoms with Crippen LogP contribution in [0.3, 0.4) is 0 Å². The summed E-state index contributed by atoms with van der Waals surface area (Å²) in [4.78, 5) is 0. The molecule has 1 aromatic heterocycles. The number of rotatable bonds is 2. The van der Waals surface area contributed by atoms with Gasteiger partial charge >= 0.3 is 0 Å². The number of hydrogen-bond donors (Lipinski definition) is 1. The van der Waals surface area contributed by atoms with Gasteiger partial charge in [0.05, 0.1) is 25.4 Å². The lowest BCUT2D eigenvalue weighted by molar-refractivity contribution is 0.0780. The first kappa shape index (κ1) is 9.34. The molecule has 0 fully saturated rings. The van der Waals surface area contributed by atoms with Gasteiger partial charge in [0.15, 0.2) is 0 Å². The molecule has 1 aliphatic rings. The van der Waals surface area contributed by atoms with E-state index in [2.05, 4.69) is 0 Å². The first-order valence-electron chi connectivity index (χ1n) is 4.77. The molecule has 2 rings (SSSR count). The van der Waals surface area contributed by atoms with E-state index in [1.54, 1.807) is 31.8 Å². The van der Waals surface area contributed by atoms with Crippen molar-refractivity contribution >= 4 is 0 Å². The fraction of sp³-hybridized carbons (Fsp3) is 0.455. The molecule has 0 aliphatic carbocycles. The van der Waals surface area contributed by atoms with Gasteiger partial charge in [-0.1, -0.05) is 0 Å². The molecule has 3 heteroatoms. The normalized spacial score (nSPS) is 20.9. The van der Waals surface area contributed by atoms with Crippen molar-refractivity contribution in [2.24, 2.45) is 0 Å². The van der Waals surface area contributed by atoms with Gasteiger partial charge in [-0.25, -0.2) is 0 Å². The number of aliphatic hydroxyl groups is 1. The van der Waals surface area contributed by atoms with Gasteiger partial charge in [0, 0.05) is 11.1 Å². The molecule has 1 N–H and O–H groups in total. The van der Waals surface area contributed by atoms with E-state index in [0.717, 1.165) is 30.6 Å². The first-order valence-corrected chi connectivity index (χ1v) is 4.77. The van der Waals surface area contributed by atoms with Crippen LogP contribution in [0.1, 0.15) is 25.3 Å². The summed E-state index contributed by atoms with van der Waals surface area (Å²) in [6.45, 7) is 2.50. The van der Waals surface area contributed by atoms with Gasteiger partial charge in [0.25, 0.3) is 0 Å². The molecule has 0 saturated carbocycles. The Labute approximate surface area is 83.0 Å². The van der Waals surface area contributed by atoms with Crippen molar-refractivity contribution in [3.63, 3.8) is 0 Å². The standard InChI is InChI=1S/C11H14O3/c1-11(12,10-4-6-14-8-10)9-3-2-5-13-7-9/h4,6-8,12H,2-3,5H2,1H3. The number of ether oxygens (including phenoxy) is 1. The van der Waals surface area contributed by atoms with Gasteiger partial charge < -0.3 is 14.3 Å². The largest absolute Gasteiger partial charge is 0.501 e. The van der Waals surface area contributed by atoms with Crippen LogP contribution in [-0.2, 0) is 10.3 Å². The molecule has 0 aromatic carbocycles. The molecule has 0 bridgehead atoms. The Morgan fingerprint density at radius 3 is 2.93 bits per heavy atom. The van der Waals surface area contributed by atoms with Crippen LogP contribution in [0.15, 0.2) is 34.8 Å². The lowest BCUT2D eigenvalue weighted by atomic mass is 9.87. The Morgan fingerprint density at radius 2 is 2.36 bits per heavy atom. The minimum absolute atomic E-state index is 0.741. The molecule has 0 amide bonds. The van der Waals surface area contributed by atoms with Crippen LogP contribution in [0.25, 0.3) is 0 Å². The highest BCUT2D eigenvalue weighted by atomic mass is 16.5. The fourth-order valence-corrected chi connectivity index (χ4v) is 1.65. The quantitative estimate of drug-likeness (QED) is 0.784. The summed E-state index contributed by atoms with van der Waals surface area (Å²) in [5.74, 6) is 0. The average Bonchev–Trinajstić information content (AvgIpc) is 2.72. The molecular formula is C11H14O3. The van der Waals surface area contributed by atoms with Gasteiger partial charge in [-0.3, -0.25) is 0 Å². The van der Waals surface area contributed by atoms with Crippen molar-refractivity contribution in [1.29, 1.82) is 0 Å². The predicted octanol–water partition coefficient (Wildman–Crippen LogP) is 2.18. The van der Waals surface area contributed by atoms with Gasteiger partial charge in [0.1, 0.15) is 5.60 Å². The monoisotopic (exact) mass is 194 g/mol. The van der Waals surface area contributed by atoms with Gasteiger partial charge in [0.2, 0.25) is 0 Å². The molecule has 0 saturated heterocycles. The predicted molar refractivity (Wildman–Crippen MR) is 51.5 cm³/mol. The fourth-order valence-electron chi connectivity index (χ4n) is 1.65. The van der Waals surface area contributed by atoms with Gasteiger partial charge in [-0.2, -0.15) is 0 Å². The van der Waals surface area contributed by atoms with Crippen molar-refractivity contribution in [1.82, 2.24) is 0 Å². The molecule has 76 valence electrons. The second kappa shape index (κ2) is 3.50. The van der Waals surface area contributed by atoms with E-state index in [-0.39, 0.29) is 0 Å². The zero-order chi connectivity index (χ0) is 10.0. The summed E-state index contributed by atoms with van der Waals surface area (Å²) in [5, 5.41) is 10.3. The Bertz CT molecular complexity index is 322. The Balaban J connectivity index is 2.27. The first-order chi connectivity index (χ1) is 6.71. The molecule has 1 unspecified atom stereocenters. The summed E-state index contributed by atoms with van der Waals surface area (Å²) in [6.07, 6.45) is 6.62. The highest BCUT2D eigenvalue weighted by Crippen LogP contribution is 2.33. The van der Waals surface area contributed by atoms with Gasteiger partial charge in [-0.15, -0.1) is 0 Å². The summed E-state index contributed by atoms with van der Waals surface area (Å²) < 4.78 is 10.2. The van der Waals surface area contributed by atoms with E-state index < -0.39 is 5.60 Å². The second-order valence-corrected chi connectivity index (χ2v) is 3.70. The maximum atomic E-state index is 10.3. The maximum Gasteiger partial charge on any atom is 0.114 e. The zero-order valence-corrected chi connectivity index (χ0v) is 8.19. The van der Waals surface area contributed by atoms with Crippen molar-refractivity contribution < 1.29 is 14.3 Å². The van der Waals surface area contributed by atoms with E-state index >= 15 is 0 Å². The maximum absolute atomic E-state index is 10.3. The Morgan fingerprint density at radius 1 is 1.50 bits per heavy atom. The topological polar surface area (TPSA) is 42.6 Å². The summed E-state index contributed by atoms with van der Waals surface area (Å²) in [7, 11) is 0. The van der Waals surface area contributed by atoms with Crippen LogP contribution in [0, 0.1) is 0 Å². The highest BCUT2D eigenvalue weighted by molar-refractivity contribution is 5.28. The smallest absolute Gasteiger partial charge is 0.114 e. The van der Waals surface area contributed by atoms with Crippen molar-refractivity contribution in [2.75, 3.05) is 6.61 Å². The van der Waals surface area contributed by atoms with E-state index in [4.69, 9.17) is 9.15 Å². The molecule has 3 nitrogen and oxygen atoms in total. The van der Waals surface area contributed by atoms with Crippen molar-refractivity contribution in [2.45, 2.75) is 25.4 Å². The molecule has 1 aliphatic heterocycles. The van der Waals surface area contributed by atoms with Crippen LogP contribution >= 0.6 is 0 Å². The molecule has 2 heterocycles. The Hall–Kier alpha value is -1.22. The van der Waals surface area contributed by atoms with Crippen LogP contribution in [0.4, 0.5) is 0 Å². The van der Waals surface area contributed by atoms with E-state index in [9.17, 15) is 5.11 Å². The lowest BCUT2D eigenvalue weighted by Crippen LogP contribution is -2.25. The number of furan rings is 1. The molecule has 14 heavy (non-hydrogen) atoms. The van der Waals surface area contributed by atoms with Crippen LogP contribution in [0.2, 0.25) is 0 Å². The second-order valence-electron chi connectivity index (χ2n) is 3.70. The SMILES string of the molecule is CC(O)(C1=COCCC1)c1ccoc1. The third kappa shape index (κ3) is 1.55. The average molecular weight is 194 g/mol. The third-order valence-electron chi connectivity index (χ3n) is 2.64. The van der Waals surface area contributed by atoms with Crippen molar-refractivity contribution in [3.8, 4) is 0 Å². The third-order valence-corrected chi connectivity index (χ3v) is 2.64. The van der Waals surface area contributed by atoms with E-state index in [0.29, 0.717) is 0 Å². The van der Waals surface area contributed by atoms with E-state index in [1.807, 2.05) is 0 Å². The minimum Gasteiger partial charge on any atom is -0.501 e. The summed E-state index contributed by atoms with van der Waals surface area (Å²) in [6, 6.07) is 1.77. The zero-order valence-electron chi connectivity index (χ0n) is 8.19. The van der Waals surface area contributed by atoms with Gasteiger partial charge in [-0.05, 0) is 25.8 Å². The summed E-state index contributed by atoms with van der Waals surface area (Å²) in [5.41, 5.74) is 0.715. The van der Waals surface area contributed by atoms with Crippen molar-refractivity contribution in [3.05, 3.63) is 36.0 Å². The Kier molecular flexibility index (Phi) is 2.33. The molecule has 0 spiro atoms. The highest BCUT2D eigenvalue weighted by Gasteiger charge is 2.30. The molecule has 0 radical (unpaired) electrons. The van der Waals surface area contributed by atoms with Crippen LogP contribution in [-0.4, -0.2) is 11.7 Å².